The first kappa shape index (κ1) is 15.2. The van der Waals surface area contributed by atoms with E-state index in [9.17, 15) is 0 Å². The summed E-state index contributed by atoms with van der Waals surface area (Å²) in [5.74, 6) is 0. The van der Waals surface area contributed by atoms with Crippen LogP contribution in [0.1, 0.15) is 33.4 Å². The average Bonchev–Trinajstić information content (AvgIpc) is 2.34. The van der Waals surface area contributed by atoms with Crippen LogP contribution in [-0.2, 0) is 0 Å². The van der Waals surface area contributed by atoms with Crippen molar-refractivity contribution in [2.24, 2.45) is 9.98 Å². The number of aryl methyl sites for hydroxylation is 6. The molecule has 21 heavy (non-hydrogen) atoms. The zero-order valence-electron chi connectivity index (χ0n) is 13.7. The monoisotopic (exact) mass is 278 g/mol. The fourth-order valence-corrected chi connectivity index (χ4v) is 2.82. The predicted molar refractivity (Wildman–Crippen MR) is 90.5 cm³/mol. The van der Waals surface area contributed by atoms with Crippen LogP contribution in [0.5, 0.6) is 0 Å². The van der Waals surface area contributed by atoms with Crippen molar-refractivity contribution in [3.63, 3.8) is 0 Å². The van der Waals surface area contributed by atoms with Crippen LogP contribution < -0.4 is 0 Å². The van der Waals surface area contributed by atoms with E-state index in [0.717, 1.165) is 33.6 Å². The molecule has 0 heterocycles. The maximum absolute atomic E-state index is 4.43. The van der Waals surface area contributed by atoms with Crippen LogP contribution in [0.4, 0.5) is 11.4 Å². The van der Waals surface area contributed by atoms with E-state index >= 15 is 0 Å². The molecule has 0 saturated heterocycles. The molecule has 0 atom stereocenters. The second kappa shape index (κ2) is 6.07. The highest BCUT2D eigenvalue weighted by Crippen LogP contribution is 2.26. The van der Waals surface area contributed by atoms with Gasteiger partial charge in [0.2, 0.25) is 0 Å². The number of aliphatic imine (C=N–C) groups is 2. The van der Waals surface area contributed by atoms with Crippen molar-refractivity contribution in [1.29, 1.82) is 0 Å². The Morgan fingerprint density at radius 2 is 0.857 bits per heavy atom. The van der Waals surface area contributed by atoms with Crippen LogP contribution in [0.25, 0.3) is 0 Å². The fourth-order valence-electron chi connectivity index (χ4n) is 2.82. The van der Waals surface area contributed by atoms with Crippen LogP contribution in [0.2, 0.25) is 0 Å². The number of nitrogens with zero attached hydrogens (tertiary/aromatic N) is 2. The lowest BCUT2D eigenvalue weighted by atomic mass is 10.1. The molecule has 0 N–H and O–H groups in total. The van der Waals surface area contributed by atoms with Crippen molar-refractivity contribution in [3.8, 4) is 0 Å². The lowest BCUT2D eigenvalue weighted by molar-refractivity contribution is 1.28. The summed E-state index contributed by atoms with van der Waals surface area (Å²) in [5.41, 5.74) is 9.08. The van der Waals surface area contributed by atoms with E-state index in [-0.39, 0.29) is 0 Å². The van der Waals surface area contributed by atoms with Gasteiger partial charge in [0.05, 0.1) is 11.4 Å². The standard InChI is InChI=1S/C19H22N2/c1-12-7-14(3)18(15(4)8-12)20-11-21-19-16(5)9-13(2)10-17(19)6/h7-10H,1-6H3. The highest BCUT2D eigenvalue weighted by atomic mass is 14.8. The van der Waals surface area contributed by atoms with Crippen molar-refractivity contribution in [2.45, 2.75) is 41.5 Å². The van der Waals surface area contributed by atoms with E-state index in [2.05, 4.69) is 81.8 Å². The normalized spacial score (nSPS) is 10.2. The molecule has 0 aromatic heterocycles. The lowest BCUT2D eigenvalue weighted by Crippen LogP contribution is -1.84. The maximum atomic E-state index is 4.43. The number of hydrogen-bond donors (Lipinski definition) is 0. The van der Waals surface area contributed by atoms with Crippen molar-refractivity contribution in [1.82, 2.24) is 0 Å². The molecule has 0 bridgehead atoms. The molecule has 108 valence electrons. The van der Waals surface area contributed by atoms with Gasteiger partial charge in [-0.1, -0.05) is 35.4 Å². The van der Waals surface area contributed by atoms with Crippen LogP contribution in [-0.4, -0.2) is 6.01 Å². The lowest BCUT2D eigenvalue weighted by Gasteiger charge is -2.05. The smallest absolute Gasteiger partial charge is 0.101 e. The van der Waals surface area contributed by atoms with Crippen LogP contribution in [0, 0.1) is 41.5 Å². The zero-order chi connectivity index (χ0) is 15.6. The molecule has 2 aromatic rings. The van der Waals surface area contributed by atoms with Crippen LogP contribution in [0.3, 0.4) is 0 Å². The van der Waals surface area contributed by atoms with Gasteiger partial charge in [-0.05, 0) is 63.8 Å². The third-order valence-corrected chi connectivity index (χ3v) is 3.59. The van der Waals surface area contributed by atoms with E-state index in [4.69, 9.17) is 0 Å². The Balaban J connectivity index is 2.43. The van der Waals surface area contributed by atoms with Gasteiger partial charge in [0.15, 0.2) is 0 Å². The molecule has 0 radical (unpaired) electrons. The van der Waals surface area contributed by atoms with E-state index < -0.39 is 0 Å². The second-order valence-corrected chi connectivity index (χ2v) is 5.82. The van der Waals surface area contributed by atoms with Gasteiger partial charge >= 0.3 is 0 Å². The summed E-state index contributed by atoms with van der Waals surface area (Å²) >= 11 is 0. The number of hydrogen-bond acceptors (Lipinski definition) is 2. The molecule has 2 nitrogen and oxygen atoms in total. The van der Waals surface area contributed by atoms with Crippen LogP contribution in [0.15, 0.2) is 34.3 Å². The molecule has 0 aliphatic carbocycles. The third-order valence-electron chi connectivity index (χ3n) is 3.59. The topological polar surface area (TPSA) is 24.7 Å². The minimum Gasteiger partial charge on any atom is -0.187 e. The molecule has 0 unspecified atom stereocenters. The summed E-state index contributed by atoms with van der Waals surface area (Å²) in [5, 5.41) is 0. The molecule has 0 saturated carbocycles. The van der Waals surface area contributed by atoms with Crippen LogP contribution >= 0.6 is 0 Å². The third kappa shape index (κ3) is 3.48. The molecule has 2 aromatic carbocycles. The molecular weight excluding hydrogens is 256 g/mol. The Bertz CT molecular complexity index is 641. The maximum Gasteiger partial charge on any atom is 0.101 e. The van der Waals surface area contributed by atoms with Gasteiger partial charge in [0, 0.05) is 0 Å². The van der Waals surface area contributed by atoms with Gasteiger partial charge in [-0.2, -0.15) is 9.98 Å². The summed E-state index contributed by atoms with van der Waals surface area (Å²) in [6.07, 6.45) is 0. The number of benzene rings is 2. The molecule has 0 aliphatic heterocycles. The minimum absolute atomic E-state index is 0.965. The van der Waals surface area contributed by atoms with E-state index in [1.807, 2.05) is 0 Å². The van der Waals surface area contributed by atoms with Crippen molar-refractivity contribution >= 4 is 17.4 Å². The van der Waals surface area contributed by atoms with Crippen molar-refractivity contribution in [3.05, 3.63) is 57.6 Å². The van der Waals surface area contributed by atoms with Gasteiger partial charge in [-0.15, -0.1) is 0 Å². The minimum atomic E-state index is 0.965. The first-order chi connectivity index (χ1) is 9.88. The molecular formula is C19H22N2. The summed E-state index contributed by atoms with van der Waals surface area (Å²) < 4.78 is 0. The van der Waals surface area contributed by atoms with Gasteiger partial charge in [-0.25, -0.2) is 0 Å². The highest BCUT2D eigenvalue weighted by molar-refractivity contribution is 5.65. The molecule has 0 aliphatic rings. The first-order valence-electron chi connectivity index (χ1n) is 7.20. The summed E-state index contributed by atoms with van der Waals surface area (Å²) in [7, 11) is 0. The van der Waals surface area contributed by atoms with E-state index in [1.54, 1.807) is 0 Å². The quantitative estimate of drug-likeness (QED) is 0.632. The predicted octanol–water partition coefficient (Wildman–Crippen LogP) is 5.67. The first-order valence-corrected chi connectivity index (χ1v) is 7.20. The largest absolute Gasteiger partial charge is 0.187 e. The molecule has 0 fully saturated rings. The summed E-state index contributed by atoms with van der Waals surface area (Å²) in [4.78, 5) is 8.86. The van der Waals surface area contributed by atoms with Gasteiger partial charge in [0.25, 0.3) is 0 Å². The fraction of sp³-hybridized carbons (Fsp3) is 0.316. The Morgan fingerprint density at radius 3 is 1.14 bits per heavy atom. The molecule has 0 amide bonds. The van der Waals surface area contributed by atoms with Gasteiger partial charge < -0.3 is 0 Å². The number of rotatable bonds is 2. The molecule has 0 spiro atoms. The highest BCUT2D eigenvalue weighted by Gasteiger charge is 2.03. The summed E-state index contributed by atoms with van der Waals surface area (Å²) in [6.45, 7) is 12.5. The van der Waals surface area contributed by atoms with Crippen molar-refractivity contribution in [2.75, 3.05) is 0 Å². The zero-order valence-corrected chi connectivity index (χ0v) is 13.7. The molecule has 2 rings (SSSR count). The van der Waals surface area contributed by atoms with E-state index in [0.29, 0.717) is 0 Å². The Labute approximate surface area is 127 Å². The Hall–Kier alpha value is -2.18. The van der Waals surface area contributed by atoms with Gasteiger partial charge in [0.1, 0.15) is 6.01 Å². The SMILES string of the molecule is Cc1cc(C)c(N=C=Nc2c(C)cc(C)cc2C)c(C)c1. The summed E-state index contributed by atoms with van der Waals surface area (Å²) in [6, 6.07) is 11.4. The average molecular weight is 278 g/mol. The van der Waals surface area contributed by atoms with Crippen molar-refractivity contribution < 1.29 is 0 Å². The van der Waals surface area contributed by atoms with E-state index in [1.165, 1.54) is 11.1 Å². The van der Waals surface area contributed by atoms with Gasteiger partial charge in [-0.3, -0.25) is 0 Å². The second-order valence-electron chi connectivity index (χ2n) is 5.82. The Kier molecular flexibility index (Phi) is 4.40. The molecule has 2 heteroatoms. The Morgan fingerprint density at radius 1 is 0.571 bits per heavy atom.